The van der Waals surface area contributed by atoms with E-state index in [1.807, 2.05) is 37.3 Å². The lowest BCUT2D eigenvalue weighted by atomic mass is 9.94. The van der Waals surface area contributed by atoms with Crippen LogP contribution in [0.4, 0.5) is 11.6 Å². The third-order valence-electron chi connectivity index (χ3n) is 4.80. The van der Waals surface area contributed by atoms with Gasteiger partial charge in [-0.25, -0.2) is 0 Å². The smallest absolute Gasteiger partial charge is 0.255 e. The van der Waals surface area contributed by atoms with Gasteiger partial charge in [0.1, 0.15) is 17.5 Å². The van der Waals surface area contributed by atoms with Crippen LogP contribution in [0, 0.1) is 0 Å². The van der Waals surface area contributed by atoms with Gasteiger partial charge in [0, 0.05) is 15.7 Å². The van der Waals surface area contributed by atoms with Gasteiger partial charge in [0.25, 0.3) is 5.91 Å². The lowest BCUT2D eigenvalue weighted by molar-refractivity contribution is -0.113. The van der Waals surface area contributed by atoms with E-state index in [2.05, 4.69) is 42.1 Å². The predicted octanol–water partition coefficient (Wildman–Crippen LogP) is 3.38. The number of hydrogen-bond donors (Lipinski definition) is 2. The van der Waals surface area contributed by atoms with Crippen LogP contribution in [0.5, 0.6) is 11.5 Å². The second-order valence-electron chi connectivity index (χ2n) is 6.55. The van der Waals surface area contributed by atoms with Crippen LogP contribution < -0.4 is 20.1 Å². The molecular weight excluding hydrogens is 452 g/mol. The molecule has 4 rings (SSSR count). The van der Waals surface area contributed by atoms with Gasteiger partial charge in [-0.2, -0.15) is 4.68 Å². The molecule has 0 radical (unpaired) electrons. The summed E-state index contributed by atoms with van der Waals surface area (Å²) < 4.78 is 13.3. The average Bonchev–Trinajstić information content (AvgIpc) is 3.21. The molecule has 2 N–H and O–H groups in total. The van der Waals surface area contributed by atoms with Crippen LogP contribution in [-0.2, 0) is 4.79 Å². The lowest BCUT2D eigenvalue weighted by Crippen LogP contribution is -2.31. The Morgan fingerprint density at radius 1 is 1.17 bits per heavy atom. The number of methoxy groups -OCH3 is 2. The predicted molar refractivity (Wildman–Crippen MR) is 115 cm³/mol. The number of amides is 1. The summed E-state index contributed by atoms with van der Waals surface area (Å²) in [6, 6.07) is 12.2. The standard InChI is InChI=1S/C20H19BrN6O3/c1-11-17(19(28)23-14-6-4-5-7-16(14)30-3)18(27-20(22-11)24-25-26-27)13-10-12(21)8-9-15(13)29-2/h4-10,18H,1-3H3,(H,23,28)(H,22,24,26)/t18-/m0/s1. The highest BCUT2D eigenvalue weighted by Gasteiger charge is 2.36. The van der Waals surface area contributed by atoms with Gasteiger partial charge in [-0.15, -0.1) is 0 Å². The van der Waals surface area contributed by atoms with Gasteiger partial charge >= 0.3 is 0 Å². The number of allylic oxidation sites excluding steroid dienone is 1. The number of nitrogens with one attached hydrogen (secondary N) is 2. The number of ether oxygens (including phenoxy) is 2. The Balaban J connectivity index is 1.82. The zero-order chi connectivity index (χ0) is 21.3. The minimum atomic E-state index is -0.599. The van der Waals surface area contributed by atoms with Crippen LogP contribution in [0.1, 0.15) is 18.5 Å². The van der Waals surface area contributed by atoms with E-state index in [-0.39, 0.29) is 5.91 Å². The molecule has 0 spiro atoms. The van der Waals surface area contributed by atoms with E-state index in [1.165, 1.54) is 0 Å². The third kappa shape index (κ3) is 3.50. The highest BCUT2D eigenvalue weighted by Crippen LogP contribution is 2.40. The van der Waals surface area contributed by atoms with Crippen molar-refractivity contribution < 1.29 is 14.3 Å². The topological polar surface area (TPSA) is 103 Å². The number of fused-ring (bicyclic) bond motifs is 1. The summed E-state index contributed by atoms with van der Waals surface area (Å²) >= 11 is 3.50. The molecule has 2 aromatic carbocycles. The summed E-state index contributed by atoms with van der Waals surface area (Å²) in [4.78, 5) is 13.4. The maximum atomic E-state index is 13.4. The minimum Gasteiger partial charge on any atom is -0.496 e. The molecule has 0 aliphatic carbocycles. The number of carbonyl (C=O) groups is 1. The van der Waals surface area contributed by atoms with Gasteiger partial charge in [-0.3, -0.25) is 4.79 Å². The monoisotopic (exact) mass is 470 g/mol. The first kappa shape index (κ1) is 19.9. The fourth-order valence-corrected chi connectivity index (χ4v) is 3.83. The second kappa shape index (κ2) is 8.15. The SMILES string of the molecule is COc1ccccc1NC(=O)C1=C(C)Nc2nnnn2[C@H]1c1cc(Br)ccc1OC. The van der Waals surface area contributed by atoms with Crippen molar-refractivity contribution in [2.75, 3.05) is 24.9 Å². The largest absolute Gasteiger partial charge is 0.496 e. The van der Waals surface area contributed by atoms with Gasteiger partial charge in [0.2, 0.25) is 5.95 Å². The Hall–Kier alpha value is -3.40. The summed E-state index contributed by atoms with van der Waals surface area (Å²) in [5, 5.41) is 17.9. The first-order valence-corrected chi connectivity index (χ1v) is 9.86. The van der Waals surface area contributed by atoms with Crippen molar-refractivity contribution in [1.82, 2.24) is 20.2 Å². The summed E-state index contributed by atoms with van der Waals surface area (Å²) in [7, 11) is 3.14. The number of nitrogens with zero attached hydrogens (tertiary/aromatic N) is 4. The third-order valence-corrected chi connectivity index (χ3v) is 5.29. The molecule has 9 nitrogen and oxygen atoms in total. The molecule has 1 aromatic heterocycles. The quantitative estimate of drug-likeness (QED) is 0.588. The maximum Gasteiger partial charge on any atom is 0.255 e. The Morgan fingerprint density at radius 3 is 2.70 bits per heavy atom. The summed E-state index contributed by atoms with van der Waals surface area (Å²) in [6.45, 7) is 1.81. The molecule has 2 heterocycles. The number of anilines is 2. The Morgan fingerprint density at radius 2 is 1.93 bits per heavy atom. The average molecular weight is 471 g/mol. The molecule has 0 unspecified atom stereocenters. The van der Waals surface area contributed by atoms with E-state index in [0.717, 1.165) is 10.0 Å². The van der Waals surface area contributed by atoms with Crippen molar-refractivity contribution in [2.24, 2.45) is 0 Å². The molecule has 0 saturated heterocycles. The van der Waals surface area contributed by atoms with Gasteiger partial charge < -0.3 is 20.1 Å². The first-order valence-electron chi connectivity index (χ1n) is 9.07. The molecule has 0 bridgehead atoms. The molecule has 1 atom stereocenters. The summed E-state index contributed by atoms with van der Waals surface area (Å²) in [6.07, 6.45) is 0. The van der Waals surface area contributed by atoms with Crippen LogP contribution in [-0.4, -0.2) is 40.3 Å². The van der Waals surface area contributed by atoms with E-state index in [9.17, 15) is 4.79 Å². The van der Waals surface area contributed by atoms with Crippen LogP contribution in [0.2, 0.25) is 0 Å². The van der Waals surface area contributed by atoms with Crippen molar-refractivity contribution in [3.05, 3.63) is 63.8 Å². The number of hydrogen-bond acceptors (Lipinski definition) is 7. The number of benzene rings is 2. The fraction of sp³-hybridized carbons (Fsp3) is 0.200. The van der Waals surface area contributed by atoms with E-state index >= 15 is 0 Å². The van der Waals surface area contributed by atoms with E-state index in [1.54, 1.807) is 31.0 Å². The Bertz CT molecular complexity index is 1140. The van der Waals surface area contributed by atoms with E-state index in [0.29, 0.717) is 34.4 Å². The van der Waals surface area contributed by atoms with Crippen LogP contribution in [0.3, 0.4) is 0 Å². The number of rotatable bonds is 5. The molecule has 1 aliphatic rings. The van der Waals surface area contributed by atoms with Crippen molar-refractivity contribution in [2.45, 2.75) is 13.0 Å². The van der Waals surface area contributed by atoms with E-state index in [4.69, 9.17) is 9.47 Å². The summed E-state index contributed by atoms with van der Waals surface area (Å²) in [5.74, 6) is 1.31. The highest BCUT2D eigenvalue weighted by atomic mass is 79.9. The Labute approximate surface area is 181 Å². The molecule has 0 saturated carbocycles. The molecule has 1 aliphatic heterocycles. The molecule has 1 amide bonds. The van der Waals surface area contributed by atoms with E-state index < -0.39 is 6.04 Å². The highest BCUT2D eigenvalue weighted by molar-refractivity contribution is 9.10. The van der Waals surface area contributed by atoms with Crippen molar-refractivity contribution in [3.8, 4) is 11.5 Å². The zero-order valence-corrected chi connectivity index (χ0v) is 18.1. The first-order chi connectivity index (χ1) is 14.5. The van der Waals surface area contributed by atoms with Gasteiger partial charge in [0.15, 0.2) is 0 Å². The number of tetrazole rings is 1. The molecule has 10 heteroatoms. The number of carbonyl (C=O) groups excluding carboxylic acids is 1. The van der Waals surface area contributed by atoms with Crippen LogP contribution in [0.15, 0.2) is 58.2 Å². The van der Waals surface area contributed by atoms with Gasteiger partial charge in [0.05, 0.1) is 25.5 Å². The van der Waals surface area contributed by atoms with Crippen LogP contribution in [0.25, 0.3) is 0 Å². The van der Waals surface area contributed by atoms with Gasteiger partial charge in [-0.05, 0) is 47.7 Å². The lowest BCUT2D eigenvalue weighted by Gasteiger charge is -2.29. The minimum absolute atomic E-state index is 0.308. The molecule has 154 valence electrons. The second-order valence-corrected chi connectivity index (χ2v) is 7.47. The van der Waals surface area contributed by atoms with Crippen molar-refractivity contribution in [3.63, 3.8) is 0 Å². The van der Waals surface area contributed by atoms with Crippen molar-refractivity contribution in [1.29, 1.82) is 0 Å². The molecule has 30 heavy (non-hydrogen) atoms. The zero-order valence-electron chi connectivity index (χ0n) is 16.5. The normalized spacial score (nSPS) is 15.3. The van der Waals surface area contributed by atoms with Crippen molar-refractivity contribution >= 4 is 33.5 Å². The number of para-hydroxylation sites is 2. The van der Waals surface area contributed by atoms with Gasteiger partial charge in [-0.1, -0.05) is 33.2 Å². The Kier molecular flexibility index (Phi) is 5.40. The number of aromatic nitrogens is 4. The molecule has 0 fully saturated rings. The fourth-order valence-electron chi connectivity index (χ4n) is 3.45. The molecule has 3 aromatic rings. The van der Waals surface area contributed by atoms with Crippen LogP contribution >= 0.6 is 15.9 Å². The maximum absolute atomic E-state index is 13.4. The number of halogens is 1. The summed E-state index contributed by atoms with van der Waals surface area (Å²) in [5.41, 5.74) is 2.40. The molecular formula is C20H19BrN6O3.